The number of aryl methyl sites for hydroxylation is 2. The van der Waals surface area contributed by atoms with Gasteiger partial charge >= 0.3 is 0 Å². The normalized spacial score (nSPS) is 10.3. The minimum Gasteiger partial charge on any atom is -0.381 e. The zero-order chi connectivity index (χ0) is 12.3. The third kappa shape index (κ3) is 3.24. The smallest absolute Gasteiger partial charge is 0.0426 e. The second-order valence-electron chi connectivity index (χ2n) is 4.30. The summed E-state index contributed by atoms with van der Waals surface area (Å²) in [5.41, 5.74) is 4.86. The Bertz CT molecular complexity index is 503. The molecule has 0 spiro atoms. The lowest BCUT2D eigenvalue weighted by atomic mass is 10.1. The van der Waals surface area contributed by atoms with Crippen molar-refractivity contribution in [3.8, 4) is 0 Å². The molecule has 1 nitrogen and oxygen atoms in total. The van der Waals surface area contributed by atoms with E-state index in [2.05, 4.69) is 43.4 Å². The molecule has 0 unspecified atom stereocenters. The summed E-state index contributed by atoms with van der Waals surface area (Å²) in [5.74, 6) is 0. The zero-order valence-corrected chi connectivity index (χ0v) is 10.9. The van der Waals surface area contributed by atoms with Crippen LogP contribution in [0.15, 0.2) is 42.5 Å². The number of hydrogen-bond donors (Lipinski definition) is 1. The van der Waals surface area contributed by atoms with Gasteiger partial charge in [0.15, 0.2) is 0 Å². The molecule has 88 valence electrons. The standard InChI is InChI=1S/C15H16ClN/c1-11-3-6-13(7-4-11)10-17-15-9-14(16)8-5-12(15)2/h3-9,17H,10H2,1-2H3. The number of benzene rings is 2. The van der Waals surface area contributed by atoms with Gasteiger partial charge in [0.2, 0.25) is 0 Å². The first-order valence-electron chi connectivity index (χ1n) is 5.71. The van der Waals surface area contributed by atoms with Crippen molar-refractivity contribution in [2.24, 2.45) is 0 Å². The van der Waals surface area contributed by atoms with Crippen molar-refractivity contribution in [2.75, 3.05) is 5.32 Å². The van der Waals surface area contributed by atoms with Gasteiger partial charge in [-0.1, -0.05) is 47.5 Å². The average molecular weight is 246 g/mol. The van der Waals surface area contributed by atoms with Gasteiger partial charge in [0.25, 0.3) is 0 Å². The van der Waals surface area contributed by atoms with Gasteiger partial charge < -0.3 is 5.32 Å². The lowest BCUT2D eigenvalue weighted by Crippen LogP contribution is -2.00. The monoisotopic (exact) mass is 245 g/mol. The Hall–Kier alpha value is -1.47. The van der Waals surface area contributed by atoms with Crippen LogP contribution < -0.4 is 5.32 Å². The number of rotatable bonds is 3. The van der Waals surface area contributed by atoms with E-state index in [1.807, 2.05) is 18.2 Å². The summed E-state index contributed by atoms with van der Waals surface area (Å²) < 4.78 is 0. The van der Waals surface area contributed by atoms with Crippen LogP contribution in [-0.2, 0) is 6.54 Å². The van der Waals surface area contributed by atoms with Gasteiger partial charge in [0.1, 0.15) is 0 Å². The quantitative estimate of drug-likeness (QED) is 0.835. The number of halogens is 1. The number of nitrogens with one attached hydrogen (secondary N) is 1. The molecule has 0 radical (unpaired) electrons. The fourth-order valence-electron chi connectivity index (χ4n) is 1.69. The molecule has 2 aromatic carbocycles. The topological polar surface area (TPSA) is 12.0 Å². The Kier molecular flexibility index (Phi) is 3.70. The van der Waals surface area contributed by atoms with Crippen LogP contribution in [0.3, 0.4) is 0 Å². The van der Waals surface area contributed by atoms with Gasteiger partial charge in [-0.15, -0.1) is 0 Å². The second kappa shape index (κ2) is 5.24. The molecule has 2 rings (SSSR count). The molecule has 17 heavy (non-hydrogen) atoms. The van der Waals surface area contributed by atoms with Crippen LogP contribution in [0.2, 0.25) is 5.02 Å². The first kappa shape index (κ1) is 12.0. The summed E-state index contributed by atoms with van der Waals surface area (Å²) >= 11 is 5.98. The molecule has 2 aromatic rings. The van der Waals surface area contributed by atoms with E-state index in [4.69, 9.17) is 11.6 Å². The molecular weight excluding hydrogens is 230 g/mol. The molecule has 2 heteroatoms. The molecule has 0 amide bonds. The summed E-state index contributed by atoms with van der Waals surface area (Å²) in [6, 6.07) is 14.4. The van der Waals surface area contributed by atoms with Crippen LogP contribution >= 0.6 is 11.6 Å². The molecule has 0 aromatic heterocycles. The van der Waals surface area contributed by atoms with Gasteiger partial charge in [-0.3, -0.25) is 0 Å². The predicted octanol–water partition coefficient (Wildman–Crippen LogP) is 4.57. The highest BCUT2D eigenvalue weighted by molar-refractivity contribution is 6.30. The summed E-state index contributed by atoms with van der Waals surface area (Å²) in [6.07, 6.45) is 0. The zero-order valence-electron chi connectivity index (χ0n) is 10.1. The van der Waals surface area contributed by atoms with Gasteiger partial charge in [0, 0.05) is 17.3 Å². The molecule has 0 bridgehead atoms. The Morgan fingerprint density at radius 3 is 2.41 bits per heavy atom. The van der Waals surface area contributed by atoms with Crippen molar-refractivity contribution in [3.63, 3.8) is 0 Å². The minimum atomic E-state index is 0.766. The first-order chi connectivity index (χ1) is 8.15. The molecule has 0 atom stereocenters. The summed E-state index contributed by atoms with van der Waals surface area (Å²) in [7, 11) is 0. The highest BCUT2D eigenvalue weighted by Crippen LogP contribution is 2.20. The van der Waals surface area contributed by atoms with Crippen molar-refractivity contribution in [1.29, 1.82) is 0 Å². The molecule has 0 aliphatic carbocycles. The fourth-order valence-corrected chi connectivity index (χ4v) is 1.86. The fraction of sp³-hybridized carbons (Fsp3) is 0.200. The minimum absolute atomic E-state index is 0.766. The molecule has 0 saturated carbocycles. The third-order valence-electron chi connectivity index (χ3n) is 2.80. The van der Waals surface area contributed by atoms with E-state index in [1.54, 1.807) is 0 Å². The number of hydrogen-bond acceptors (Lipinski definition) is 1. The van der Waals surface area contributed by atoms with Gasteiger partial charge in [-0.25, -0.2) is 0 Å². The summed E-state index contributed by atoms with van der Waals surface area (Å²) in [4.78, 5) is 0. The van der Waals surface area contributed by atoms with E-state index < -0.39 is 0 Å². The van der Waals surface area contributed by atoms with Crippen LogP contribution in [0.25, 0.3) is 0 Å². The van der Waals surface area contributed by atoms with Gasteiger partial charge in [-0.2, -0.15) is 0 Å². The van der Waals surface area contributed by atoms with Crippen LogP contribution in [0, 0.1) is 13.8 Å². The van der Waals surface area contributed by atoms with Gasteiger partial charge in [0.05, 0.1) is 0 Å². The molecule has 0 saturated heterocycles. The first-order valence-corrected chi connectivity index (χ1v) is 6.08. The van der Waals surface area contributed by atoms with E-state index in [0.29, 0.717) is 0 Å². The average Bonchev–Trinajstić information content (AvgIpc) is 2.32. The van der Waals surface area contributed by atoms with Crippen molar-refractivity contribution in [1.82, 2.24) is 0 Å². The molecule has 0 fully saturated rings. The van der Waals surface area contributed by atoms with Crippen LogP contribution in [0.5, 0.6) is 0 Å². The summed E-state index contributed by atoms with van der Waals surface area (Å²) in [6.45, 7) is 4.99. The molecular formula is C15H16ClN. The van der Waals surface area contributed by atoms with E-state index in [0.717, 1.165) is 17.3 Å². The summed E-state index contributed by atoms with van der Waals surface area (Å²) in [5, 5.41) is 4.17. The van der Waals surface area contributed by atoms with Crippen LogP contribution in [0.1, 0.15) is 16.7 Å². The van der Waals surface area contributed by atoms with Crippen LogP contribution in [-0.4, -0.2) is 0 Å². The highest BCUT2D eigenvalue weighted by atomic mass is 35.5. The lowest BCUT2D eigenvalue weighted by Gasteiger charge is -2.10. The Morgan fingerprint density at radius 1 is 1.00 bits per heavy atom. The second-order valence-corrected chi connectivity index (χ2v) is 4.73. The molecule has 0 heterocycles. The molecule has 0 aliphatic heterocycles. The van der Waals surface area contributed by atoms with Crippen molar-refractivity contribution in [3.05, 3.63) is 64.2 Å². The number of anilines is 1. The largest absolute Gasteiger partial charge is 0.381 e. The molecule has 1 N–H and O–H groups in total. The molecule has 0 aliphatic rings. The Balaban J connectivity index is 2.07. The highest BCUT2D eigenvalue weighted by Gasteiger charge is 1.99. The van der Waals surface area contributed by atoms with Gasteiger partial charge in [-0.05, 0) is 37.1 Å². The van der Waals surface area contributed by atoms with E-state index in [-0.39, 0.29) is 0 Å². The van der Waals surface area contributed by atoms with E-state index in [1.165, 1.54) is 16.7 Å². The van der Waals surface area contributed by atoms with Crippen molar-refractivity contribution in [2.45, 2.75) is 20.4 Å². The van der Waals surface area contributed by atoms with E-state index >= 15 is 0 Å². The van der Waals surface area contributed by atoms with Crippen LogP contribution in [0.4, 0.5) is 5.69 Å². The third-order valence-corrected chi connectivity index (χ3v) is 3.04. The predicted molar refractivity (Wildman–Crippen MR) is 74.7 cm³/mol. The van der Waals surface area contributed by atoms with E-state index in [9.17, 15) is 0 Å². The maximum atomic E-state index is 5.98. The Morgan fingerprint density at radius 2 is 1.71 bits per heavy atom. The Labute approximate surface area is 107 Å². The maximum absolute atomic E-state index is 5.98. The maximum Gasteiger partial charge on any atom is 0.0426 e. The SMILES string of the molecule is Cc1ccc(CNc2cc(Cl)ccc2C)cc1. The van der Waals surface area contributed by atoms with Crippen molar-refractivity contribution < 1.29 is 0 Å². The van der Waals surface area contributed by atoms with Crippen molar-refractivity contribution >= 4 is 17.3 Å². The lowest BCUT2D eigenvalue weighted by molar-refractivity contribution is 1.14.